The number of pyridine rings is 1. The number of hydrogen-bond donors (Lipinski definition) is 0. The Bertz CT molecular complexity index is 1010. The molecule has 1 fully saturated rings. The molecule has 2 unspecified atom stereocenters. The molecule has 1 heterocycles. The molecule has 0 spiro atoms. The Morgan fingerprint density at radius 3 is 2.47 bits per heavy atom. The van der Waals surface area contributed by atoms with E-state index in [4.69, 9.17) is 14.2 Å². The lowest BCUT2D eigenvalue weighted by Gasteiger charge is -2.20. The van der Waals surface area contributed by atoms with Crippen molar-refractivity contribution in [1.29, 1.82) is 0 Å². The van der Waals surface area contributed by atoms with E-state index in [9.17, 15) is 4.79 Å². The van der Waals surface area contributed by atoms with Gasteiger partial charge in [0, 0.05) is 29.6 Å². The van der Waals surface area contributed by atoms with Gasteiger partial charge in [-0.1, -0.05) is 30.3 Å². The summed E-state index contributed by atoms with van der Waals surface area (Å²) in [5.41, 5.74) is 1.43. The minimum Gasteiger partial charge on any atom is -0.493 e. The van der Waals surface area contributed by atoms with Crippen LogP contribution in [-0.2, 0) is 16.6 Å². The lowest BCUT2D eigenvalue weighted by atomic mass is 9.91. The molecule has 0 aliphatic heterocycles. The van der Waals surface area contributed by atoms with E-state index in [0.717, 1.165) is 23.4 Å². The van der Waals surface area contributed by atoms with Crippen molar-refractivity contribution in [3.63, 3.8) is 0 Å². The van der Waals surface area contributed by atoms with E-state index in [1.54, 1.807) is 20.4 Å². The maximum Gasteiger partial charge on any atom is 0.161 e. The number of para-hydroxylation sites is 1. The third kappa shape index (κ3) is 4.01. The summed E-state index contributed by atoms with van der Waals surface area (Å²) in [6.07, 6.45) is 2.78. The number of Topliss-reactive ketones (excluding diaryl/α,β-unsaturated/α-hetero) is 1. The predicted octanol–water partition coefficient (Wildman–Crippen LogP) is 4.25. The molecule has 30 heavy (non-hydrogen) atoms. The number of benzene rings is 2. The number of methoxy groups -OCH3 is 2. The van der Waals surface area contributed by atoms with Crippen LogP contribution >= 0.6 is 0 Å². The maximum absolute atomic E-state index is 13.1. The lowest BCUT2D eigenvalue weighted by Crippen LogP contribution is -2.24. The molecule has 3 aromatic rings. The van der Waals surface area contributed by atoms with Crippen LogP contribution < -0.4 is 14.2 Å². The standard InChI is InChI=1S/C25H25NO4/c1-28-23-12-11-18(14-24(23)29-2)25(17-30-20-9-4-3-5-10-20)16-21(25)22(27)15-19-8-6-7-13-26-19/h3-14,21H,15-17H2,1-2H3. The Morgan fingerprint density at radius 2 is 1.77 bits per heavy atom. The van der Waals surface area contributed by atoms with E-state index >= 15 is 0 Å². The minimum absolute atomic E-state index is 0.124. The molecule has 154 valence electrons. The third-order valence-electron chi connectivity index (χ3n) is 5.74. The van der Waals surface area contributed by atoms with Crippen LogP contribution in [0.3, 0.4) is 0 Å². The summed E-state index contributed by atoms with van der Waals surface area (Å²) in [6.45, 7) is 0.422. The first-order valence-electron chi connectivity index (χ1n) is 9.99. The van der Waals surface area contributed by atoms with Crippen LogP contribution in [0, 0.1) is 5.92 Å². The van der Waals surface area contributed by atoms with E-state index in [0.29, 0.717) is 24.5 Å². The van der Waals surface area contributed by atoms with E-state index < -0.39 is 0 Å². The molecule has 0 amide bonds. The fraction of sp³-hybridized carbons (Fsp3) is 0.280. The van der Waals surface area contributed by atoms with Crippen molar-refractivity contribution < 1.29 is 19.0 Å². The Kier molecular flexibility index (Phi) is 5.70. The van der Waals surface area contributed by atoms with Gasteiger partial charge >= 0.3 is 0 Å². The van der Waals surface area contributed by atoms with Gasteiger partial charge in [-0.3, -0.25) is 9.78 Å². The maximum atomic E-state index is 13.1. The smallest absolute Gasteiger partial charge is 0.161 e. The molecule has 0 N–H and O–H groups in total. The highest BCUT2D eigenvalue weighted by Crippen LogP contribution is 2.56. The van der Waals surface area contributed by atoms with E-state index in [2.05, 4.69) is 4.98 Å². The predicted molar refractivity (Wildman–Crippen MR) is 114 cm³/mol. The molecule has 1 aliphatic carbocycles. The number of ether oxygens (including phenoxy) is 3. The van der Waals surface area contributed by atoms with Gasteiger partial charge in [0.25, 0.3) is 0 Å². The summed E-state index contributed by atoms with van der Waals surface area (Å²) in [4.78, 5) is 17.4. The zero-order chi connectivity index (χ0) is 21.0. The van der Waals surface area contributed by atoms with Crippen molar-refractivity contribution in [2.24, 2.45) is 5.92 Å². The van der Waals surface area contributed by atoms with Crippen molar-refractivity contribution >= 4 is 5.78 Å². The fourth-order valence-electron chi connectivity index (χ4n) is 3.97. The highest BCUT2D eigenvalue weighted by atomic mass is 16.5. The topological polar surface area (TPSA) is 57.7 Å². The quantitative estimate of drug-likeness (QED) is 0.535. The molecule has 5 nitrogen and oxygen atoms in total. The first-order chi connectivity index (χ1) is 14.7. The second-order valence-corrected chi connectivity index (χ2v) is 7.55. The zero-order valence-electron chi connectivity index (χ0n) is 17.2. The molecule has 1 saturated carbocycles. The van der Waals surface area contributed by atoms with E-state index in [1.165, 1.54) is 0 Å². The molecule has 0 saturated heterocycles. The van der Waals surface area contributed by atoms with Gasteiger partial charge in [-0.05, 0) is 48.4 Å². The van der Waals surface area contributed by atoms with Gasteiger partial charge in [0.15, 0.2) is 11.5 Å². The van der Waals surface area contributed by atoms with Crippen LogP contribution in [0.15, 0.2) is 72.9 Å². The van der Waals surface area contributed by atoms with Gasteiger partial charge in [-0.15, -0.1) is 0 Å². The zero-order valence-corrected chi connectivity index (χ0v) is 17.2. The molecular formula is C25H25NO4. The SMILES string of the molecule is COc1ccc(C2(COc3ccccc3)CC2C(=O)Cc2ccccn2)cc1OC. The number of carbonyl (C=O) groups is 1. The van der Waals surface area contributed by atoms with E-state index in [1.807, 2.05) is 66.7 Å². The molecule has 0 radical (unpaired) electrons. The van der Waals surface area contributed by atoms with Crippen molar-refractivity contribution in [3.05, 3.63) is 84.2 Å². The average Bonchev–Trinajstić information content (AvgIpc) is 3.55. The third-order valence-corrected chi connectivity index (χ3v) is 5.74. The Balaban J connectivity index is 1.60. The minimum atomic E-state index is -0.388. The van der Waals surface area contributed by atoms with Gasteiger partial charge in [0.05, 0.1) is 20.8 Å². The van der Waals surface area contributed by atoms with Crippen LogP contribution in [0.5, 0.6) is 17.2 Å². The summed E-state index contributed by atoms with van der Waals surface area (Å²) < 4.78 is 17.0. The second-order valence-electron chi connectivity index (χ2n) is 7.55. The second kappa shape index (κ2) is 8.57. The Hall–Kier alpha value is -3.34. The van der Waals surface area contributed by atoms with Crippen molar-refractivity contribution in [2.75, 3.05) is 20.8 Å². The molecule has 5 heteroatoms. The van der Waals surface area contributed by atoms with Crippen molar-refractivity contribution in [1.82, 2.24) is 4.98 Å². The van der Waals surface area contributed by atoms with Crippen LogP contribution in [0.25, 0.3) is 0 Å². The summed E-state index contributed by atoms with van der Waals surface area (Å²) in [5.74, 6) is 2.16. The largest absolute Gasteiger partial charge is 0.493 e. The van der Waals surface area contributed by atoms with Gasteiger partial charge < -0.3 is 14.2 Å². The first-order valence-corrected chi connectivity index (χ1v) is 9.99. The molecule has 1 aliphatic rings. The molecule has 0 bridgehead atoms. The Morgan fingerprint density at radius 1 is 1.00 bits per heavy atom. The summed E-state index contributed by atoms with van der Waals surface area (Å²) in [5, 5.41) is 0. The van der Waals surface area contributed by atoms with Crippen molar-refractivity contribution in [3.8, 4) is 17.2 Å². The fourth-order valence-corrected chi connectivity index (χ4v) is 3.97. The highest BCUT2D eigenvalue weighted by Gasteiger charge is 2.59. The normalized spacial score (nSPS) is 19.7. The first kappa shape index (κ1) is 20.0. The van der Waals surface area contributed by atoms with Crippen LogP contribution in [0.1, 0.15) is 17.7 Å². The summed E-state index contributed by atoms with van der Waals surface area (Å²) >= 11 is 0. The molecular weight excluding hydrogens is 378 g/mol. The van der Waals surface area contributed by atoms with Crippen LogP contribution in [-0.4, -0.2) is 31.6 Å². The average molecular weight is 403 g/mol. The van der Waals surface area contributed by atoms with Gasteiger partial charge in [-0.2, -0.15) is 0 Å². The Labute approximate surface area is 176 Å². The highest BCUT2D eigenvalue weighted by molar-refractivity contribution is 5.88. The molecule has 4 rings (SSSR count). The van der Waals surface area contributed by atoms with Crippen molar-refractivity contribution in [2.45, 2.75) is 18.3 Å². The molecule has 1 aromatic heterocycles. The summed E-state index contributed by atoms with van der Waals surface area (Å²) in [6, 6.07) is 21.2. The lowest BCUT2D eigenvalue weighted by molar-refractivity contribution is -0.120. The number of carbonyl (C=O) groups excluding carboxylic acids is 1. The number of aromatic nitrogens is 1. The van der Waals surface area contributed by atoms with E-state index in [-0.39, 0.29) is 17.1 Å². The van der Waals surface area contributed by atoms with Crippen LogP contribution in [0.2, 0.25) is 0 Å². The monoisotopic (exact) mass is 403 g/mol. The molecule has 2 aromatic carbocycles. The van der Waals surface area contributed by atoms with Crippen LogP contribution in [0.4, 0.5) is 0 Å². The van der Waals surface area contributed by atoms with Gasteiger partial charge in [0.2, 0.25) is 0 Å². The number of rotatable bonds is 9. The summed E-state index contributed by atoms with van der Waals surface area (Å²) in [7, 11) is 3.23. The number of ketones is 1. The molecule has 2 atom stereocenters. The van der Waals surface area contributed by atoms with Gasteiger partial charge in [-0.25, -0.2) is 0 Å². The number of nitrogens with zero attached hydrogens (tertiary/aromatic N) is 1. The van der Waals surface area contributed by atoms with Gasteiger partial charge in [0.1, 0.15) is 11.5 Å². The number of hydrogen-bond acceptors (Lipinski definition) is 5.